The molecule has 0 bridgehead atoms. The zero-order valence-electron chi connectivity index (χ0n) is 12.4. The average molecular weight is 312 g/mol. The maximum Gasteiger partial charge on any atom is 0.154 e. The van der Waals surface area contributed by atoms with E-state index in [1.54, 1.807) is 11.8 Å². The van der Waals surface area contributed by atoms with Crippen molar-refractivity contribution in [3.05, 3.63) is 34.9 Å². The molecule has 1 heterocycles. The molecule has 2 rings (SSSR count). The highest BCUT2D eigenvalue weighted by atomic mass is 35.5. The molecule has 0 saturated heterocycles. The third kappa shape index (κ3) is 3.50. The van der Waals surface area contributed by atoms with Crippen molar-refractivity contribution in [1.82, 2.24) is 0 Å². The first-order valence-corrected chi connectivity index (χ1v) is 8.67. The topological polar surface area (TPSA) is 21.6 Å². The number of oxime groups is 1. The fourth-order valence-corrected chi connectivity index (χ4v) is 3.71. The molecule has 0 spiro atoms. The van der Waals surface area contributed by atoms with E-state index < -0.39 is 0 Å². The Labute approximate surface area is 130 Å². The van der Waals surface area contributed by atoms with E-state index in [-0.39, 0.29) is 5.60 Å². The minimum atomic E-state index is -0.318. The Morgan fingerprint density at radius 1 is 1.30 bits per heavy atom. The van der Waals surface area contributed by atoms with Crippen LogP contribution in [0.5, 0.6) is 0 Å². The molecule has 0 N–H and O–H groups in total. The van der Waals surface area contributed by atoms with Crippen LogP contribution in [0.25, 0.3) is 0 Å². The molecular weight excluding hydrogens is 290 g/mol. The van der Waals surface area contributed by atoms with Crippen LogP contribution in [-0.2, 0) is 23.4 Å². The maximum atomic E-state index is 5.92. The van der Waals surface area contributed by atoms with Crippen molar-refractivity contribution in [2.24, 2.45) is 5.16 Å². The normalized spacial score (nSPS) is 21.7. The Bertz CT molecular complexity index is 481. The summed E-state index contributed by atoms with van der Waals surface area (Å²) in [5.74, 6) is 1.44. The predicted octanol–water partition coefficient (Wildman–Crippen LogP) is 4.78. The number of alkyl halides is 1. The summed E-state index contributed by atoms with van der Waals surface area (Å²) in [5.41, 5.74) is 4.03. The first-order valence-electron chi connectivity index (χ1n) is 7.15. The average Bonchev–Trinajstić information content (AvgIpc) is 2.87. The largest absolute Gasteiger partial charge is 0.387 e. The molecule has 0 aliphatic carbocycles. The summed E-state index contributed by atoms with van der Waals surface area (Å²) in [6.07, 6.45) is 2.97. The van der Waals surface area contributed by atoms with Crippen LogP contribution in [0, 0.1) is 0 Å². The fraction of sp³-hybridized carbons (Fsp3) is 0.562. The van der Waals surface area contributed by atoms with Crippen molar-refractivity contribution in [2.75, 3.05) is 5.88 Å². The number of aryl methyl sites for hydroxylation is 2. The van der Waals surface area contributed by atoms with E-state index >= 15 is 0 Å². The van der Waals surface area contributed by atoms with Gasteiger partial charge >= 0.3 is 0 Å². The van der Waals surface area contributed by atoms with Gasteiger partial charge in [-0.15, -0.1) is 23.4 Å². The van der Waals surface area contributed by atoms with Crippen LogP contribution in [0.4, 0.5) is 0 Å². The smallest absolute Gasteiger partial charge is 0.154 e. The van der Waals surface area contributed by atoms with Gasteiger partial charge < -0.3 is 4.84 Å². The Morgan fingerprint density at radius 3 is 2.45 bits per heavy atom. The first kappa shape index (κ1) is 15.7. The molecule has 110 valence electrons. The lowest BCUT2D eigenvalue weighted by atomic mass is 9.99. The van der Waals surface area contributed by atoms with Gasteiger partial charge in [0.05, 0.1) is 5.88 Å². The zero-order chi connectivity index (χ0) is 14.6. The van der Waals surface area contributed by atoms with E-state index in [1.165, 1.54) is 16.7 Å². The molecule has 0 radical (unpaired) electrons. The maximum absolute atomic E-state index is 5.92. The molecule has 20 heavy (non-hydrogen) atoms. The van der Waals surface area contributed by atoms with Crippen molar-refractivity contribution in [3.63, 3.8) is 0 Å². The highest BCUT2D eigenvalue weighted by Gasteiger charge is 2.33. The van der Waals surface area contributed by atoms with Crippen LogP contribution < -0.4 is 0 Å². The zero-order valence-corrected chi connectivity index (χ0v) is 14.0. The summed E-state index contributed by atoms with van der Waals surface area (Å²) < 4.78 is 0. The lowest BCUT2D eigenvalue weighted by Gasteiger charge is -2.17. The van der Waals surface area contributed by atoms with E-state index in [0.29, 0.717) is 5.88 Å². The molecule has 4 heteroatoms. The molecule has 1 unspecified atom stereocenters. The van der Waals surface area contributed by atoms with E-state index in [9.17, 15) is 0 Å². The summed E-state index contributed by atoms with van der Waals surface area (Å²) in [4.78, 5) is 5.44. The standard InChI is InChI=1S/C16H22ClNOS/c1-4-12-7-6-8-13(5-2)14(12)10-20-15-9-16(3,11-17)19-18-15/h6-8H,4-5,9-11H2,1-3H3. The van der Waals surface area contributed by atoms with Crippen LogP contribution in [0.1, 0.15) is 43.9 Å². The Kier molecular flexibility index (Phi) is 5.39. The van der Waals surface area contributed by atoms with Gasteiger partial charge in [-0.05, 0) is 36.5 Å². The number of hydrogen-bond donors (Lipinski definition) is 0. The summed E-state index contributed by atoms with van der Waals surface area (Å²) in [6, 6.07) is 6.61. The summed E-state index contributed by atoms with van der Waals surface area (Å²) in [7, 11) is 0. The third-order valence-corrected chi connectivity index (χ3v) is 5.24. The number of halogens is 1. The third-order valence-electron chi connectivity index (χ3n) is 3.69. The first-order chi connectivity index (χ1) is 9.61. The second kappa shape index (κ2) is 6.86. The second-order valence-corrected chi connectivity index (χ2v) is 6.70. The number of thioether (sulfide) groups is 1. The molecule has 0 amide bonds. The summed E-state index contributed by atoms with van der Waals surface area (Å²) in [5, 5.41) is 5.24. The van der Waals surface area contributed by atoms with E-state index in [0.717, 1.165) is 30.1 Å². The minimum absolute atomic E-state index is 0.318. The van der Waals surface area contributed by atoms with Crippen LogP contribution in [0.15, 0.2) is 23.4 Å². The van der Waals surface area contributed by atoms with Gasteiger partial charge in [0, 0.05) is 12.2 Å². The van der Waals surface area contributed by atoms with Crippen molar-refractivity contribution in [3.8, 4) is 0 Å². The van der Waals surface area contributed by atoms with Crippen LogP contribution >= 0.6 is 23.4 Å². The van der Waals surface area contributed by atoms with E-state index in [4.69, 9.17) is 16.4 Å². The Hall–Kier alpha value is -0.670. The van der Waals surface area contributed by atoms with Crippen LogP contribution in [-0.4, -0.2) is 16.5 Å². The summed E-state index contributed by atoms with van der Waals surface area (Å²) in [6.45, 7) is 6.43. The number of hydrogen-bond acceptors (Lipinski definition) is 3. The van der Waals surface area contributed by atoms with Crippen LogP contribution in [0.3, 0.4) is 0 Å². The molecule has 1 atom stereocenters. The SMILES string of the molecule is CCc1cccc(CC)c1CSC1=NOC(C)(CCl)C1. The lowest BCUT2D eigenvalue weighted by molar-refractivity contribution is 0.0152. The molecule has 1 aliphatic heterocycles. The highest BCUT2D eigenvalue weighted by molar-refractivity contribution is 8.13. The molecule has 0 fully saturated rings. The fourth-order valence-electron chi connectivity index (χ4n) is 2.39. The van der Waals surface area contributed by atoms with Gasteiger partial charge in [-0.25, -0.2) is 0 Å². The molecule has 1 aromatic carbocycles. The molecule has 1 aliphatic rings. The molecule has 1 aromatic rings. The van der Waals surface area contributed by atoms with Gasteiger partial charge in [0.1, 0.15) is 5.04 Å². The van der Waals surface area contributed by atoms with Gasteiger partial charge in [-0.3, -0.25) is 0 Å². The van der Waals surface area contributed by atoms with E-state index in [2.05, 4.69) is 37.2 Å². The van der Waals surface area contributed by atoms with Gasteiger partial charge in [0.15, 0.2) is 5.60 Å². The molecular formula is C16H22ClNOS. The highest BCUT2D eigenvalue weighted by Crippen LogP contribution is 2.32. The number of nitrogens with zero attached hydrogens (tertiary/aromatic N) is 1. The van der Waals surface area contributed by atoms with E-state index in [1.807, 2.05) is 6.92 Å². The monoisotopic (exact) mass is 311 g/mol. The Balaban J connectivity index is 2.05. The molecule has 0 saturated carbocycles. The molecule has 2 nitrogen and oxygen atoms in total. The van der Waals surface area contributed by atoms with Gasteiger partial charge in [0.25, 0.3) is 0 Å². The van der Waals surface area contributed by atoms with Gasteiger partial charge in [0.2, 0.25) is 0 Å². The van der Waals surface area contributed by atoms with Crippen molar-refractivity contribution >= 4 is 28.4 Å². The second-order valence-electron chi connectivity index (χ2n) is 5.39. The minimum Gasteiger partial charge on any atom is -0.387 e. The summed E-state index contributed by atoms with van der Waals surface area (Å²) >= 11 is 7.70. The van der Waals surface area contributed by atoms with Crippen molar-refractivity contribution in [2.45, 2.75) is 51.4 Å². The van der Waals surface area contributed by atoms with Crippen LogP contribution in [0.2, 0.25) is 0 Å². The van der Waals surface area contributed by atoms with Gasteiger partial charge in [-0.2, -0.15) is 0 Å². The lowest BCUT2D eigenvalue weighted by Crippen LogP contribution is -2.26. The molecule has 0 aromatic heterocycles. The quantitative estimate of drug-likeness (QED) is 0.730. The van der Waals surface area contributed by atoms with Gasteiger partial charge in [-0.1, -0.05) is 37.2 Å². The van der Waals surface area contributed by atoms with Crippen molar-refractivity contribution < 1.29 is 4.84 Å². The predicted molar refractivity (Wildman–Crippen MR) is 88.8 cm³/mol. The number of benzene rings is 1. The Morgan fingerprint density at radius 2 is 1.95 bits per heavy atom. The number of rotatable bonds is 5. The van der Waals surface area contributed by atoms with Crippen molar-refractivity contribution in [1.29, 1.82) is 0 Å².